The van der Waals surface area contributed by atoms with Crippen molar-refractivity contribution in [2.75, 3.05) is 18.5 Å². The first-order chi connectivity index (χ1) is 16.9. The number of rotatable bonds is 5. The van der Waals surface area contributed by atoms with Crippen molar-refractivity contribution in [2.24, 2.45) is 0 Å². The van der Waals surface area contributed by atoms with Crippen molar-refractivity contribution in [1.82, 2.24) is 5.32 Å². The largest absolute Gasteiger partial charge is 0.477 e. The van der Waals surface area contributed by atoms with E-state index in [1.807, 2.05) is 53.8 Å². The number of fused-ring (bicyclic) bond motifs is 3. The molecule has 0 aliphatic heterocycles. The van der Waals surface area contributed by atoms with E-state index >= 15 is 0 Å². The predicted molar refractivity (Wildman–Crippen MR) is 123 cm³/mol. The lowest BCUT2D eigenvalue weighted by molar-refractivity contribution is -0.111. The van der Waals surface area contributed by atoms with Gasteiger partial charge in [0.05, 0.1) is 12.2 Å². The van der Waals surface area contributed by atoms with Crippen molar-refractivity contribution in [2.45, 2.75) is 5.92 Å². The van der Waals surface area contributed by atoms with Crippen LogP contribution in [0.25, 0.3) is 11.1 Å². The highest BCUT2D eigenvalue weighted by atomic mass is 19.1. The van der Waals surface area contributed by atoms with Gasteiger partial charge in [0.2, 0.25) is 0 Å². The van der Waals surface area contributed by atoms with Gasteiger partial charge in [-0.3, -0.25) is 4.79 Å². The summed E-state index contributed by atoms with van der Waals surface area (Å²) in [5.74, 6) is -1.09. The molecule has 0 atom stereocenters. The molecule has 3 aromatic carbocycles. The van der Waals surface area contributed by atoms with E-state index in [9.17, 15) is 23.2 Å². The van der Waals surface area contributed by atoms with Crippen LogP contribution in [0.3, 0.4) is 0 Å². The molecule has 0 bridgehead atoms. The van der Waals surface area contributed by atoms with Gasteiger partial charge in [-0.2, -0.15) is 0 Å². The molecular formula is C26H18F2N2O5. The van der Waals surface area contributed by atoms with Gasteiger partial charge >= 0.3 is 12.1 Å². The standard InChI is InChI=1S/C26H18F2N2O5/c27-20-11-12-21(24(28)23(20)25(32)33)30-22(31)10-5-13-29-26(34)35-14-19-17-8-3-1-6-15(17)16-7-2-4-9-18(16)19/h1-4,6-9,11-12,19H,13-14H2,(H,29,34)(H,30,31)(H,32,33). The minimum Gasteiger partial charge on any atom is -0.477 e. The molecule has 1 aliphatic carbocycles. The highest BCUT2D eigenvalue weighted by molar-refractivity contribution is 6.04. The van der Waals surface area contributed by atoms with E-state index in [0.29, 0.717) is 6.07 Å². The maximum absolute atomic E-state index is 14.1. The molecule has 35 heavy (non-hydrogen) atoms. The van der Waals surface area contributed by atoms with Gasteiger partial charge < -0.3 is 20.5 Å². The van der Waals surface area contributed by atoms with Crippen LogP contribution in [0.15, 0.2) is 60.7 Å². The third-order valence-electron chi connectivity index (χ3n) is 5.42. The fourth-order valence-electron chi connectivity index (χ4n) is 3.89. The van der Waals surface area contributed by atoms with Gasteiger partial charge in [0.25, 0.3) is 5.91 Å². The van der Waals surface area contributed by atoms with Crippen LogP contribution in [0.5, 0.6) is 0 Å². The number of hydrogen-bond donors (Lipinski definition) is 3. The van der Waals surface area contributed by atoms with Crippen LogP contribution in [0, 0.1) is 23.5 Å². The third-order valence-corrected chi connectivity index (χ3v) is 5.42. The number of carbonyl (C=O) groups excluding carboxylic acids is 2. The molecule has 1 aliphatic rings. The Labute approximate surface area is 198 Å². The summed E-state index contributed by atoms with van der Waals surface area (Å²) in [4.78, 5) is 34.9. The van der Waals surface area contributed by atoms with Crippen molar-refractivity contribution in [3.05, 3.63) is 89.0 Å². The van der Waals surface area contributed by atoms with E-state index < -0.39 is 40.9 Å². The smallest absolute Gasteiger partial charge is 0.407 e. The fraction of sp³-hybridized carbons (Fsp3) is 0.115. The summed E-state index contributed by atoms with van der Waals surface area (Å²) in [5, 5.41) is 13.3. The summed E-state index contributed by atoms with van der Waals surface area (Å²) in [6.45, 7) is -0.111. The Morgan fingerprint density at radius 1 is 0.943 bits per heavy atom. The van der Waals surface area contributed by atoms with Crippen molar-refractivity contribution < 1.29 is 33.0 Å². The van der Waals surface area contributed by atoms with E-state index in [1.54, 1.807) is 0 Å². The lowest BCUT2D eigenvalue weighted by Gasteiger charge is -2.14. The summed E-state index contributed by atoms with van der Waals surface area (Å²) >= 11 is 0. The number of anilines is 1. The van der Waals surface area contributed by atoms with Crippen LogP contribution in [0.2, 0.25) is 0 Å². The van der Waals surface area contributed by atoms with Gasteiger partial charge in [0.15, 0.2) is 5.82 Å². The number of carboxylic acids is 1. The van der Waals surface area contributed by atoms with Crippen molar-refractivity contribution >= 4 is 23.7 Å². The van der Waals surface area contributed by atoms with E-state index in [0.717, 1.165) is 28.3 Å². The zero-order valence-corrected chi connectivity index (χ0v) is 18.1. The Balaban J connectivity index is 1.30. The number of halogens is 2. The summed E-state index contributed by atoms with van der Waals surface area (Å²) in [6.07, 6.45) is -0.725. The average molecular weight is 476 g/mol. The molecule has 0 fully saturated rings. The van der Waals surface area contributed by atoms with Crippen LogP contribution in [-0.4, -0.2) is 36.2 Å². The summed E-state index contributed by atoms with van der Waals surface area (Å²) in [5.41, 5.74) is 2.61. The first-order valence-electron chi connectivity index (χ1n) is 10.5. The molecule has 3 aromatic rings. The number of alkyl carbamates (subject to hydrolysis) is 1. The molecule has 0 radical (unpaired) electrons. The Bertz CT molecular complexity index is 1350. The molecule has 176 valence electrons. The Morgan fingerprint density at radius 2 is 1.57 bits per heavy atom. The normalized spacial score (nSPS) is 11.5. The predicted octanol–water partition coefficient (Wildman–Crippen LogP) is 4.14. The van der Waals surface area contributed by atoms with Crippen LogP contribution < -0.4 is 10.6 Å². The third kappa shape index (κ3) is 4.96. The van der Waals surface area contributed by atoms with Crippen LogP contribution in [-0.2, 0) is 9.53 Å². The Morgan fingerprint density at radius 3 is 2.20 bits per heavy atom. The van der Waals surface area contributed by atoms with Gasteiger partial charge in [-0.15, -0.1) is 0 Å². The quantitative estimate of drug-likeness (QED) is 0.480. The van der Waals surface area contributed by atoms with Crippen LogP contribution in [0.1, 0.15) is 27.4 Å². The first kappa shape index (κ1) is 23.4. The second-order valence-electron chi connectivity index (χ2n) is 7.52. The van der Waals surface area contributed by atoms with Gasteiger partial charge in [-0.1, -0.05) is 54.5 Å². The number of nitrogens with one attached hydrogen (secondary N) is 2. The van der Waals surface area contributed by atoms with Gasteiger partial charge in [-0.25, -0.2) is 18.4 Å². The number of carbonyl (C=O) groups is 3. The molecule has 0 saturated heterocycles. The maximum atomic E-state index is 14.1. The van der Waals surface area contributed by atoms with Crippen molar-refractivity contribution in [3.63, 3.8) is 0 Å². The van der Waals surface area contributed by atoms with Crippen LogP contribution in [0.4, 0.5) is 19.3 Å². The molecule has 0 unspecified atom stereocenters. The number of ether oxygens (including phenoxy) is 1. The Kier molecular flexibility index (Phi) is 6.73. The SMILES string of the molecule is O=C(C#CCNC(=O)OCC1c2ccccc2-c2ccccc21)Nc1ccc(F)c(C(=O)O)c1F. The summed E-state index contributed by atoms with van der Waals surface area (Å²) in [6, 6.07) is 17.4. The molecule has 4 rings (SSSR count). The van der Waals surface area contributed by atoms with Crippen LogP contribution >= 0.6 is 0 Å². The number of benzene rings is 3. The zero-order valence-electron chi connectivity index (χ0n) is 18.1. The lowest BCUT2D eigenvalue weighted by Crippen LogP contribution is -2.26. The topological polar surface area (TPSA) is 105 Å². The molecular weight excluding hydrogens is 458 g/mol. The maximum Gasteiger partial charge on any atom is 0.407 e. The highest BCUT2D eigenvalue weighted by Gasteiger charge is 2.29. The molecule has 0 saturated carbocycles. The van der Waals surface area contributed by atoms with E-state index in [-0.39, 0.29) is 19.1 Å². The summed E-state index contributed by atoms with van der Waals surface area (Å²) in [7, 11) is 0. The molecule has 9 heteroatoms. The van der Waals surface area contributed by atoms with Crippen molar-refractivity contribution in [3.8, 4) is 23.0 Å². The van der Waals surface area contributed by atoms with Gasteiger partial charge in [0, 0.05) is 5.92 Å². The second-order valence-corrected chi connectivity index (χ2v) is 7.52. The molecule has 3 N–H and O–H groups in total. The van der Waals surface area contributed by atoms with E-state index in [2.05, 4.69) is 17.2 Å². The average Bonchev–Trinajstić information content (AvgIpc) is 3.16. The monoisotopic (exact) mass is 476 g/mol. The number of amides is 2. The van der Waals surface area contributed by atoms with E-state index in [4.69, 9.17) is 9.84 Å². The highest BCUT2D eigenvalue weighted by Crippen LogP contribution is 2.44. The summed E-state index contributed by atoms with van der Waals surface area (Å²) < 4.78 is 32.9. The van der Waals surface area contributed by atoms with Gasteiger partial charge in [-0.05, 0) is 40.3 Å². The number of carboxylic acid groups (broad SMARTS) is 1. The number of aromatic carboxylic acids is 1. The lowest BCUT2D eigenvalue weighted by atomic mass is 9.98. The fourth-order valence-corrected chi connectivity index (χ4v) is 3.89. The number of hydrogen-bond acceptors (Lipinski definition) is 4. The molecule has 2 amide bonds. The van der Waals surface area contributed by atoms with E-state index in [1.165, 1.54) is 0 Å². The zero-order chi connectivity index (χ0) is 24.9. The van der Waals surface area contributed by atoms with Crippen molar-refractivity contribution in [1.29, 1.82) is 0 Å². The first-order valence-corrected chi connectivity index (χ1v) is 10.5. The minimum absolute atomic E-state index is 0.105. The molecule has 0 aromatic heterocycles. The van der Waals surface area contributed by atoms with Gasteiger partial charge in [0.1, 0.15) is 18.0 Å². The molecule has 0 heterocycles. The molecule has 0 spiro atoms. The molecule has 7 nitrogen and oxygen atoms in total. The minimum atomic E-state index is -1.81. The second kappa shape index (κ2) is 10.1. The Hall–Kier alpha value is -4.71.